The lowest BCUT2D eigenvalue weighted by Gasteiger charge is -2.28. The number of carboxylic acid groups (broad SMARTS) is 1. The quantitative estimate of drug-likeness (QED) is 0.742. The number of hydrogen-bond acceptors (Lipinski definition) is 3. The summed E-state index contributed by atoms with van der Waals surface area (Å²) in [6.45, 7) is 6.10. The van der Waals surface area contributed by atoms with Crippen LogP contribution >= 0.6 is 0 Å². The van der Waals surface area contributed by atoms with E-state index in [2.05, 4.69) is 6.58 Å². The minimum atomic E-state index is -0.867. The zero-order chi connectivity index (χ0) is 14.4. The van der Waals surface area contributed by atoms with Crippen molar-refractivity contribution in [2.75, 3.05) is 7.11 Å². The number of aliphatic hydroxyl groups is 1. The number of rotatable bonds is 7. The summed E-state index contributed by atoms with van der Waals surface area (Å²) in [5.74, 6) is -0.507. The molecule has 0 aliphatic heterocycles. The third kappa shape index (κ3) is 4.24. The van der Waals surface area contributed by atoms with Crippen molar-refractivity contribution in [3.05, 3.63) is 35.6 Å². The summed E-state index contributed by atoms with van der Waals surface area (Å²) >= 11 is 0. The summed E-state index contributed by atoms with van der Waals surface area (Å²) < 4.78 is 5.31. The molecule has 0 aromatic heterocycles. The van der Waals surface area contributed by atoms with Crippen LogP contribution in [0.25, 0.3) is 0 Å². The molecule has 0 aromatic carbocycles. The van der Waals surface area contributed by atoms with Crippen molar-refractivity contribution < 1.29 is 19.7 Å². The third-order valence-corrected chi connectivity index (χ3v) is 3.55. The van der Waals surface area contributed by atoms with E-state index in [4.69, 9.17) is 9.84 Å². The first-order chi connectivity index (χ1) is 8.99. The van der Waals surface area contributed by atoms with Gasteiger partial charge >= 0.3 is 5.97 Å². The predicted molar refractivity (Wildman–Crippen MR) is 74.0 cm³/mol. The van der Waals surface area contributed by atoms with Crippen LogP contribution in [-0.2, 0) is 9.53 Å². The molecule has 19 heavy (non-hydrogen) atoms. The van der Waals surface area contributed by atoms with E-state index >= 15 is 0 Å². The summed E-state index contributed by atoms with van der Waals surface area (Å²) in [6, 6.07) is 0. The van der Waals surface area contributed by atoms with Crippen LogP contribution in [0, 0.1) is 5.92 Å². The Morgan fingerprint density at radius 2 is 2.16 bits per heavy atom. The first-order valence-electron chi connectivity index (χ1n) is 6.52. The second-order valence-corrected chi connectivity index (χ2v) is 4.76. The Balaban J connectivity index is 2.83. The monoisotopic (exact) mass is 266 g/mol. The molecular formula is C15H22O4. The molecule has 0 saturated heterocycles. The fourth-order valence-electron chi connectivity index (χ4n) is 2.43. The third-order valence-electron chi connectivity index (χ3n) is 3.55. The summed E-state index contributed by atoms with van der Waals surface area (Å²) in [4.78, 5) is 10.9. The lowest BCUT2D eigenvalue weighted by Crippen LogP contribution is -2.27. The number of carbonyl (C=O) groups is 1. The summed E-state index contributed by atoms with van der Waals surface area (Å²) in [6.07, 6.45) is 5.27. The molecule has 2 unspecified atom stereocenters. The lowest BCUT2D eigenvalue weighted by atomic mass is 9.83. The van der Waals surface area contributed by atoms with Gasteiger partial charge in [-0.15, -0.1) is 0 Å². The molecular weight excluding hydrogens is 244 g/mol. The molecule has 106 valence electrons. The second-order valence-electron chi connectivity index (χ2n) is 4.76. The average molecular weight is 266 g/mol. The van der Waals surface area contributed by atoms with Gasteiger partial charge in [-0.05, 0) is 30.1 Å². The first-order valence-corrected chi connectivity index (χ1v) is 6.52. The van der Waals surface area contributed by atoms with E-state index in [1.807, 2.05) is 13.0 Å². The standard InChI is InChI=1S/C15H22O4/c1-4-13(14(19-3)9-15(17)18)10(2)11-5-7-12(16)8-6-11/h5,7,13-14,16H,2,4,6,8-9H2,1,3H3,(H,17,18). The van der Waals surface area contributed by atoms with Gasteiger partial charge in [-0.25, -0.2) is 0 Å². The van der Waals surface area contributed by atoms with Gasteiger partial charge in [0.25, 0.3) is 0 Å². The van der Waals surface area contributed by atoms with Crippen LogP contribution in [0.3, 0.4) is 0 Å². The molecule has 0 spiro atoms. The zero-order valence-corrected chi connectivity index (χ0v) is 11.6. The average Bonchev–Trinajstić information content (AvgIpc) is 2.38. The van der Waals surface area contributed by atoms with E-state index in [0.29, 0.717) is 12.2 Å². The highest BCUT2D eigenvalue weighted by Crippen LogP contribution is 2.32. The van der Waals surface area contributed by atoms with Crippen molar-refractivity contribution in [2.24, 2.45) is 5.92 Å². The Bertz CT molecular complexity index is 406. The van der Waals surface area contributed by atoms with E-state index in [1.54, 1.807) is 6.08 Å². The fourth-order valence-corrected chi connectivity index (χ4v) is 2.43. The number of aliphatic hydroxyl groups excluding tert-OH is 1. The van der Waals surface area contributed by atoms with Crippen LogP contribution in [0.5, 0.6) is 0 Å². The Labute approximate surface area is 114 Å². The first kappa shape index (κ1) is 15.5. The van der Waals surface area contributed by atoms with Gasteiger partial charge in [0, 0.05) is 19.4 Å². The van der Waals surface area contributed by atoms with Crippen LogP contribution in [0.4, 0.5) is 0 Å². The van der Waals surface area contributed by atoms with Crippen molar-refractivity contribution >= 4 is 5.97 Å². The van der Waals surface area contributed by atoms with E-state index < -0.39 is 5.97 Å². The van der Waals surface area contributed by atoms with Gasteiger partial charge in [0.1, 0.15) is 0 Å². The maximum Gasteiger partial charge on any atom is 0.306 e. The molecule has 2 atom stereocenters. The molecule has 1 rings (SSSR count). The highest BCUT2D eigenvalue weighted by Gasteiger charge is 2.26. The molecule has 0 heterocycles. The smallest absolute Gasteiger partial charge is 0.306 e. The SMILES string of the molecule is C=C(C1=CC=C(O)CC1)C(CC)C(CC(=O)O)OC. The molecule has 0 bridgehead atoms. The normalized spacial score (nSPS) is 18.2. The number of methoxy groups -OCH3 is 1. The molecule has 2 N–H and O–H groups in total. The topological polar surface area (TPSA) is 66.8 Å². The van der Waals surface area contributed by atoms with Gasteiger partial charge in [-0.3, -0.25) is 4.79 Å². The van der Waals surface area contributed by atoms with Crippen molar-refractivity contribution in [1.82, 2.24) is 0 Å². The number of carboxylic acids is 1. The molecule has 1 aliphatic rings. The summed E-state index contributed by atoms with van der Waals surface area (Å²) in [7, 11) is 1.53. The molecule has 0 saturated carbocycles. The van der Waals surface area contributed by atoms with E-state index in [-0.39, 0.29) is 18.4 Å². The van der Waals surface area contributed by atoms with E-state index in [0.717, 1.165) is 24.0 Å². The largest absolute Gasteiger partial charge is 0.512 e. The Morgan fingerprint density at radius 1 is 1.47 bits per heavy atom. The maximum atomic E-state index is 10.9. The molecule has 0 amide bonds. The predicted octanol–water partition coefficient (Wildman–Crippen LogP) is 3.22. The number of hydrogen-bond donors (Lipinski definition) is 2. The molecule has 0 fully saturated rings. The minimum Gasteiger partial charge on any atom is -0.512 e. The van der Waals surface area contributed by atoms with Gasteiger partial charge in [0.15, 0.2) is 0 Å². The Hall–Kier alpha value is -1.55. The highest BCUT2D eigenvalue weighted by molar-refractivity contribution is 5.67. The number of ether oxygens (including phenoxy) is 1. The summed E-state index contributed by atoms with van der Waals surface area (Å²) in [5, 5.41) is 18.3. The van der Waals surface area contributed by atoms with E-state index in [1.165, 1.54) is 7.11 Å². The zero-order valence-electron chi connectivity index (χ0n) is 11.6. The van der Waals surface area contributed by atoms with Crippen molar-refractivity contribution in [2.45, 2.75) is 38.7 Å². The van der Waals surface area contributed by atoms with Gasteiger partial charge in [0.2, 0.25) is 0 Å². The minimum absolute atomic E-state index is 0.0130. The van der Waals surface area contributed by atoms with Gasteiger partial charge in [-0.2, -0.15) is 0 Å². The molecule has 1 aliphatic carbocycles. The van der Waals surface area contributed by atoms with Crippen LogP contribution < -0.4 is 0 Å². The Kier molecular flexibility index (Phi) is 5.83. The Morgan fingerprint density at radius 3 is 2.58 bits per heavy atom. The molecule has 4 nitrogen and oxygen atoms in total. The summed E-state index contributed by atoms with van der Waals surface area (Å²) in [5.41, 5.74) is 1.98. The lowest BCUT2D eigenvalue weighted by molar-refractivity contribution is -0.140. The highest BCUT2D eigenvalue weighted by atomic mass is 16.5. The molecule has 0 radical (unpaired) electrons. The number of allylic oxidation sites excluding steroid dienone is 4. The van der Waals surface area contributed by atoms with Crippen LogP contribution in [0.15, 0.2) is 35.6 Å². The van der Waals surface area contributed by atoms with Crippen LogP contribution in [0.1, 0.15) is 32.6 Å². The van der Waals surface area contributed by atoms with E-state index in [9.17, 15) is 9.90 Å². The molecule has 4 heteroatoms. The van der Waals surface area contributed by atoms with Crippen molar-refractivity contribution in [3.8, 4) is 0 Å². The van der Waals surface area contributed by atoms with Crippen LogP contribution in [0.2, 0.25) is 0 Å². The molecule has 0 aromatic rings. The van der Waals surface area contributed by atoms with Gasteiger partial charge < -0.3 is 14.9 Å². The van der Waals surface area contributed by atoms with Gasteiger partial charge in [-0.1, -0.05) is 19.6 Å². The van der Waals surface area contributed by atoms with Crippen molar-refractivity contribution in [3.63, 3.8) is 0 Å². The van der Waals surface area contributed by atoms with Gasteiger partial charge in [0.05, 0.1) is 18.3 Å². The maximum absolute atomic E-state index is 10.9. The fraction of sp³-hybridized carbons (Fsp3) is 0.533. The second kappa shape index (κ2) is 7.14. The number of aliphatic carboxylic acids is 1. The van der Waals surface area contributed by atoms with Crippen LogP contribution in [-0.4, -0.2) is 29.4 Å². The van der Waals surface area contributed by atoms with Crippen molar-refractivity contribution in [1.29, 1.82) is 0 Å².